The lowest BCUT2D eigenvalue weighted by atomic mass is 9.81. The molecule has 1 saturated heterocycles. The minimum Gasteiger partial charge on any atom is -0.478 e. The van der Waals surface area contributed by atoms with Gasteiger partial charge in [-0.25, -0.2) is 33.0 Å². The zero-order valence-corrected chi connectivity index (χ0v) is 50.3. The molecule has 0 aliphatic carbocycles. The fourth-order valence-corrected chi connectivity index (χ4v) is 17.2. The molecule has 3 aromatic carbocycles. The fourth-order valence-electron chi connectivity index (χ4n) is 12.0. The Kier molecular flexibility index (Phi) is 17.7. The van der Waals surface area contributed by atoms with Crippen molar-refractivity contribution in [3.8, 4) is 23.3 Å². The van der Waals surface area contributed by atoms with Gasteiger partial charge in [0.2, 0.25) is 5.36 Å². The van der Waals surface area contributed by atoms with E-state index in [0.717, 1.165) is 105 Å². The number of fused-ring (bicyclic) bond motifs is 5. The summed E-state index contributed by atoms with van der Waals surface area (Å²) >= 11 is 0. The van der Waals surface area contributed by atoms with Gasteiger partial charge in [0.25, 0.3) is 5.91 Å². The highest BCUT2D eigenvalue weighted by molar-refractivity contribution is 8.77. The number of phosphoric ester groups is 1. The number of rotatable bonds is 21. The number of ether oxygens (including phenoxy) is 4. The number of phosphoric acid groups is 3. The molecule has 0 spiro atoms. The van der Waals surface area contributed by atoms with Crippen LogP contribution < -0.4 is 35.8 Å². The number of aromatic carboxylic acids is 1. The summed E-state index contributed by atoms with van der Waals surface area (Å²) in [6.45, 7) is 6.83. The normalized spacial score (nSPS) is 20.1. The number of carbonyl (C=O) groups is 2. The maximum Gasteiger partial charge on any atom is 0.490 e. The van der Waals surface area contributed by atoms with Gasteiger partial charge in [0.1, 0.15) is 74.0 Å². The van der Waals surface area contributed by atoms with Gasteiger partial charge in [-0.1, -0.05) is 44.6 Å². The number of nitrogen functional groups attached to an aromatic ring is 1. The van der Waals surface area contributed by atoms with E-state index in [0.29, 0.717) is 16.5 Å². The van der Waals surface area contributed by atoms with Crippen molar-refractivity contribution in [3.05, 3.63) is 114 Å². The lowest BCUT2D eigenvalue weighted by molar-refractivity contribution is -0.0582. The third-order valence-electron chi connectivity index (χ3n) is 15.3. The topological polar surface area (TPSA) is 375 Å². The average Bonchev–Trinajstić information content (AvgIpc) is 1.39. The van der Waals surface area contributed by atoms with Gasteiger partial charge < -0.3 is 64.1 Å². The Morgan fingerprint density at radius 3 is 2.52 bits per heavy atom. The minimum atomic E-state index is -5.80. The van der Waals surface area contributed by atoms with Crippen molar-refractivity contribution < 1.29 is 80.1 Å². The predicted molar refractivity (Wildman–Crippen MR) is 312 cm³/mol. The van der Waals surface area contributed by atoms with E-state index in [9.17, 15) is 38.2 Å². The van der Waals surface area contributed by atoms with Crippen molar-refractivity contribution in [2.75, 3.05) is 69.2 Å². The number of nitrogens with two attached hydrogens (primary N) is 1. The molecule has 1 fully saturated rings. The molecule has 27 nitrogen and oxygen atoms in total. The number of carboxylic acid groups (broad SMARTS) is 1. The summed E-state index contributed by atoms with van der Waals surface area (Å²) in [5.41, 5.74) is 24.5. The summed E-state index contributed by atoms with van der Waals surface area (Å²) < 4.78 is 76.1. The Morgan fingerprint density at radius 2 is 1.74 bits per heavy atom. The van der Waals surface area contributed by atoms with Gasteiger partial charge in [0.05, 0.1) is 34.8 Å². The summed E-state index contributed by atoms with van der Waals surface area (Å²) in [5, 5.41) is 19.9. The first-order chi connectivity index (χ1) is 40.6. The molecule has 0 saturated carbocycles. The number of benzene rings is 3. The molecule has 5 atom stereocenters. The van der Waals surface area contributed by atoms with Crippen LogP contribution in [0.3, 0.4) is 0 Å². The Balaban J connectivity index is 0.740. The van der Waals surface area contributed by atoms with E-state index in [1.807, 2.05) is 13.8 Å². The molecule has 0 bridgehead atoms. The van der Waals surface area contributed by atoms with Gasteiger partial charge in [-0.3, -0.25) is 9.32 Å². The molecule has 85 heavy (non-hydrogen) atoms. The van der Waals surface area contributed by atoms with Gasteiger partial charge in [-0.15, -0.1) is 0 Å². The number of aryl methyl sites for hydroxylation is 2. The minimum absolute atomic E-state index is 0.00754. The Labute approximate surface area is 493 Å². The first-order valence-electron chi connectivity index (χ1n) is 27.2. The van der Waals surface area contributed by atoms with Crippen LogP contribution in [0.1, 0.15) is 112 Å². The highest BCUT2D eigenvalue weighted by atomic mass is 33.1. The molecule has 450 valence electrons. The average molecular weight is 1270 g/mol. The van der Waals surface area contributed by atoms with Crippen molar-refractivity contribution in [3.63, 3.8) is 0 Å². The number of hydrogen-bond donors (Lipinski definition) is 7. The lowest BCUT2D eigenvalue weighted by Crippen LogP contribution is -2.45. The molecule has 5 aromatic rings. The maximum atomic E-state index is 14.0. The van der Waals surface area contributed by atoms with Gasteiger partial charge in [-0.05, 0) is 93.3 Å². The second-order valence-corrected chi connectivity index (χ2v) is 28.9. The van der Waals surface area contributed by atoms with Crippen LogP contribution in [0.5, 0.6) is 11.5 Å². The highest BCUT2D eigenvalue weighted by Crippen LogP contribution is 2.66. The van der Waals surface area contributed by atoms with Crippen LogP contribution in [0.15, 0.2) is 48.0 Å². The van der Waals surface area contributed by atoms with E-state index in [-0.39, 0.29) is 48.1 Å². The van der Waals surface area contributed by atoms with Crippen LogP contribution in [-0.2, 0) is 66.7 Å². The standard InChI is InChI=1S/C53H59N10O17P3S2/c1-53(2,85-84-29-74-19-7-10-33-24-63(50-43(33)49(54)57-27-58-50)42-23-40(75-28-59-60-55)41(77-42)25-76-82(70,71)80-83(72,73)79-81(67,68)69)26-56-51(64)32-13-14-34(37(22-32)52(65)66)44-38-20-30-8-3-15-61-17-5-11-35(45(30)61)47(38)78-48-36-12-6-18-62-16-4-9-31(46(36)62)21-39(44)48/h13-14,20-22,24,27,40-42H,3-6,8-9,11-12,15-19,23,25-26,28-29H2,1-2H3,(H7-,54,56,57,58,64,65,66,67,68,69,70,71,72,73)/p+1/t40-,41-,42-/m1/s1. The molecule has 1 amide bonds. The molecule has 2 unspecified atom stereocenters. The zero-order valence-electron chi connectivity index (χ0n) is 45.9. The van der Waals surface area contributed by atoms with E-state index in [4.69, 9.17) is 44.5 Å². The Hall–Kier alpha value is -5.85. The smallest absolute Gasteiger partial charge is 0.478 e. The number of nitrogens with zero attached hydrogens (tertiary/aromatic N) is 8. The van der Waals surface area contributed by atoms with Crippen molar-refractivity contribution >= 4 is 85.0 Å². The number of amides is 1. The van der Waals surface area contributed by atoms with Crippen LogP contribution >= 0.6 is 45.1 Å². The van der Waals surface area contributed by atoms with Crippen LogP contribution in [-0.4, -0.2) is 127 Å². The first kappa shape index (κ1) is 60.8. The number of hydrogen-bond acceptors (Lipinski definition) is 19. The molecule has 11 rings (SSSR count). The largest absolute Gasteiger partial charge is 0.490 e. The van der Waals surface area contributed by atoms with Crippen LogP contribution in [0.4, 0.5) is 11.5 Å². The summed E-state index contributed by atoms with van der Waals surface area (Å²) in [4.78, 5) is 78.3. The van der Waals surface area contributed by atoms with E-state index in [2.05, 4.69) is 67.4 Å². The molecular weight excluding hydrogens is 1210 g/mol. The SMILES string of the molecule is CC(C)(CNC(=O)c1ccc(C2=c3cc4c5c(c3Oc3c2cc2c6c3CCCN6CCC2)CCC[N+]=5CCC4)c(C(=O)O)c1)SSCOCC#Cc1cn([C@H]2C[C@@H](OCN=[N+]=[N-])[C@@H](COP(=O)(O)OP(=O)(O)OP(=O)(O)O)O2)c2ncnc(N)c12. The van der Waals surface area contributed by atoms with Gasteiger partial charge in [-0.2, -0.15) is 8.62 Å². The van der Waals surface area contributed by atoms with Gasteiger partial charge in [0.15, 0.2) is 0 Å². The van der Waals surface area contributed by atoms with Crippen molar-refractivity contribution in [1.82, 2.24) is 24.4 Å². The predicted octanol–water partition coefficient (Wildman–Crippen LogP) is 6.35. The number of carboxylic acids is 1. The number of nitrogens with one attached hydrogen (secondary N) is 1. The van der Waals surface area contributed by atoms with Gasteiger partial charge >= 0.3 is 29.4 Å². The first-order valence-corrected chi connectivity index (χ1v) is 34.0. The van der Waals surface area contributed by atoms with Crippen molar-refractivity contribution in [1.29, 1.82) is 0 Å². The van der Waals surface area contributed by atoms with E-state index in [1.165, 1.54) is 67.3 Å². The Bertz CT molecular complexity index is 3950. The third-order valence-corrected chi connectivity index (χ3v) is 22.1. The second kappa shape index (κ2) is 24.7. The monoisotopic (exact) mass is 1270 g/mol. The molecule has 6 aliphatic heterocycles. The highest BCUT2D eigenvalue weighted by Gasteiger charge is 2.44. The molecule has 8 heterocycles. The quantitative estimate of drug-likeness (QED) is 0.00475. The summed E-state index contributed by atoms with van der Waals surface area (Å²) in [6.07, 6.45) is 7.31. The van der Waals surface area contributed by atoms with Crippen LogP contribution in [0.2, 0.25) is 0 Å². The van der Waals surface area contributed by atoms with Crippen LogP contribution in [0.25, 0.3) is 27.0 Å². The molecule has 2 aromatic heterocycles. The van der Waals surface area contributed by atoms with E-state index < -0.39 is 71.9 Å². The lowest BCUT2D eigenvalue weighted by Gasteiger charge is -2.39. The number of aromatic nitrogens is 3. The maximum absolute atomic E-state index is 14.0. The zero-order chi connectivity index (χ0) is 60.0. The Morgan fingerprint density at radius 1 is 0.976 bits per heavy atom. The summed E-state index contributed by atoms with van der Waals surface area (Å²) in [6, 6.07) is 9.47. The van der Waals surface area contributed by atoms with Crippen LogP contribution in [0, 0.1) is 11.8 Å². The van der Waals surface area contributed by atoms with E-state index in [1.54, 1.807) is 22.9 Å². The molecule has 32 heteroatoms. The molecule has 0 radical (unpaired) electrons. The van der Waals surface area contributed by atoms with Crippen molar-refractivity contribution in [2.24, 2.45) is 5.11 Å². The van der Waals surface area contributed by atoms with E-state index >= 15 is 0 Å². The van der Waals surface area contributed by atoms with Gasteiger partial charge in [0, 0.05) is 93.5 Å². The van der Waals surface area contributed by atoms with Crippen molar-refractivity contribution in [2.45, 2.75) is 94.8 Å². The molecule has 6 aliphatic rings. The molecule has 8 N–H and O–H groups in total. The number of carbonyl (C=O) groups excluding carboxylic acids is 1. The number of anilines is 2. The second-order valence-electron chi connectivity index (χ2n) is 21.5. The third kappa shape index (κ3) is 13.2. The summed E-state index contributed by atoms with van der Waals surface area (Å²) in [7, 11) is -14.1. The summed E-state index contributed by atoms with van der Waals surface area (Å²) in [5.74, 6) is 6.36. The fraction of sp³-hybridized carbons (Fsp3) is 0.453. The number of azide groups is 1. The molecular formula is C53H60N10O17P3S2+.